The van der Waals surface area contributed by atoms with Gasteiger partial charge >= 0.3 is 0 Å². The molecule has 1 aromatic carbocycles. The first-order chi connectivity index (χ1) is 7.70. The minimum absolute atomic E-state index is 0.622. The van der Waals surface area contributed by atoms with Gasteiger partial charge in [0, 0.05) is 10.4 Å². The Morgan fingerprint density at radius 3 is 2.81 bits per heavy atom. The number of thiazole rings is 1. The minimum atomic E-state index is 0.622. The van der Waals surface area contributed by atoms with Crippen LogP contribution < -0.4 is 11.5 Å². The zero-order chi connectivity index (χ0) is 11.5. The first kappa shape index (κ1) is 11.1. The van der Waals surface area contributed by atoms with Gasteiger partial charge in [-0.15, -0.1) is 11.3 Å². The van der Waals surface area contributed by atoms with Crippen LogP contribution in [0.25, 0.3) is 11.3 Å². The molecule has 4 heteroatoms. The van der Waals surface area contributed by atoms with Crippen molar-refractivity contribution in [1.82, 2.24) is 4.98 Å². The first-order valence-corrected chi connectivity index (χ1v) is 6.04. The summed E-state index contributed by atoms with van der Waals surface area (Å²) in [5.74, 6) is 0. The van der Waals surface area contributed by atoms with Crippen LogP contribution in [-0.2, 0) is 6.42 Å². The molecule has 0 radical (unpaired) electrons. The number of nitrogens with two attached hydrogens (primary N) is 2. The van der Waals surface area contributed by atoms with Gasteiger partial charge in [0.15, 0.2) is 5.13 Å². The van der Waals surface area contributed by atoms with Crippen LogP contribution in [0.5, 0.6) is 0 Å². The number of nitrogen functional groups attached to an aromatic ring is 1. The Morgan fingerprint density at radius 1 is 1.38 bits per heavy atom. The van der Waals surface area contributed by atoms with Gasteiger partial charge in [-0.2, -0.15) is 0 Å². The predicted molar refractivity (Wildman–Crippen MR) is 69.5 cm³/mol. The SMILES string of the molecule is Cc1sc(N)nc1-c1cccc(CCN)c1. The van der Waals surface area contributed by atoms with Crippen LogP contribution in [0, 0.1) is 6.92 Å². The molecular weight excluding hydrogens is 218 g/mol. The summed E-state index contributed by atoms with van der Waals surface area (Å²) in [5, 5.41) is 0.622. The van der Waals surface area contributed by atoms with E-state index >= 15 is 0 Å². The van der Waals surface area contributed by atoms with Crippen LogP contribution >= 0.6 is 11.3 Å². The average Bonchev–Trinajstić information content (AvgIpc) is 2.59. The van der Waals surface area contributed by atoms with Gasteiger partial charge in [0.25, 0.3) is 0 Å². The van der Waals surface area contributed by atoms with E-state index in [1.54, 1.807) is 0 Å². The predicted octanol–water partition coefficient (Wildman–Crippen LogP) is 2.20. The maximum absolute atomic E-state index is 5.70. The summed E-state index contributed by atoms with van der Waals surface area (Å²) in [5.41, 5.74) is 14.6. The molecular formula is C12H15N3S. The molecule has 84 valence electrons. The molecule has 0 unspecified atom stereocenters. The fourth-order valence-corrected chi connectivity index (χ4v) is 2.44. The van der Waals surface area contributed by atoms with E-state index in [9.17, 15) is 0 Å². The standard InChI is InChI=1S/C12H15N3S/c1-8-11(15-12(14)16-8)10-4-2-3-9(7-10)5-6-13/h2-4,7H,5-6,13H2,1H3,(H2,14,15). The van der Waals surface area contributed by atoms with E-state index in [0.717, 1.165) is 22.6 Å². The highest BCUT2D eigenvalue weighted by molar-refractivity contribution is 7.15. The molecule has 0 aliphatic carbocycles. The number of aryl methyl sites for hydroxylation is 1. The van der Waals surface area contributed by atoms with Crippen molar-refractivity contribution in [2.75, 3.05) is 12.3 Å². The second kappa shape index (κ2) is 4.63. The average molecular weight is 233 g/mol. The molecule has 3 nitrogen and oxygen atoms in total. The highest BCUT2D eigenvalue weighted by Gasteiger charge is 2.08. The number of benzene rings is 1. The van der Waals surface area contributed by atoms with Crippen molar-refractivity contribution < 1.29 is 0 Å². The Balaban J connectivity index is 2.40. The van der Waals surface area contributed by atoms with Gasteiger partial charge in [0.1, 0.15) is 0 Å². The molecule has 4 N–H and O–H groups in total. The summed E-state index contributed by atoms with van der Waals surface area (Å²) in [6.07, 6.45) is 0.895. The number of anilines is 1. The number of hydrogen-bond donors (Lipinski definition) is 2. The molecule has 0 saturated heterocycles. The Hall–Kier alpha value is -1.39. The maximum atomic E-state index is 5.70. The Bertz CT molecular complexity index is 491. The van der Waals surface area contributed by atoms with Crippen LogP contribution in [0.3, 0.4) is 0 Å². The van der Waals surface area contributed by atoms with Crippen molar-refractivity contribution in [2.24, 2.45) is 5.73 Å². The minimum Gasteiger partial charge on any atom is -0.375 e. The summed E-state index contributed by atoms with van der Waals surface area (Å²) in [4.78, 5) is 5.50. The molecule has 1 heterocycles. The summed E-state index contributed by atoms with van der Waals surface area (Å²) >= 11 is 1.53. The van der Waals surface area contributed by atoms with Crippen molar-refractivity contribution >= 4 is 16.5 Å². The van der Waals surface area contributed by atoms with Gasteiger partial charge in [0.05, 0.1) is 5.69 Å². The van der Waals surface area contributed by atoms with Gasteiger partial charge in [-0.1, -0.05) is 18.2 Å². The lowest BCUT2D eigenvalue weighted by atomic mass is 10.1. The first-order valence-electron chi connectivity index (χ1n) is 5.23. The smallest absolute Gasteiger partial charge is 0.180 e. The van der Waals surface area contributed by atoms with Gasteiger partial charge in [-0.3, -0.25) is 0 Å². The third-order valence-electron chi connectivity index (χ3n) is 2.45. The zero-order valence-electron chi connectivity index (χ0n) is 9.23. The van der Waals surface area contributed by atoms with Crippen LogP contribution in [0.4, 0.5) is 5.13 Å². The van der Waals surface area contributed by atoms with Crippen LogP contribution in [0.15, 0.2) is 24.3 Å². The third-order valence-corrected chi connectivity index (χ3v) is 3.25. The van der Waals surface area contributed by atoms with Crippen LogP contribution in [0.1, 0.15) is 10.4 Å². The lowest BCUT2D eigenvalue weighted by Gasteiger charge is -2.02. The van der Waals surface area contributed by atoms with Gasteiger partial charge in [-0.05, 0) is 31.5 Å². The van der Waals surface area contributed by atoms with Gasteiger partial charge in [-0.25, -0.2) is 4.98 Å². The quantitative estimate of drug-likeness (QED) is 0.854. The molecule has 0 spiro atoms. The molecule has 0 fully saturated rings. The van der Waals surface area contributed by atoms with E-state index in [1.165, 1.54) is 16.9 Å². The van der Waals surface area contributed by atoms with Crippen molar-refractivity contribution in [3.05, 3.63) is 34.7 Å². The summed E-state index contributed by atoms with van der Waals surface area (Å²) < 4.78 is 0. The molecule has 0 aliphatic rings. The fraction of sp³-hybridized carbons (Fsp3) is 0.250. The molecule has 0 saturated carbocycles. The highest BCUT2D eigenvalue weighted by atomic mass is 32.1. The fourth-order valence-electron chi connectivity index (χ4n) is 1.73. The number of rotatable bonds is 3. The van der Waals surface area contributed by atoms with Gasteiger partial charge < -0.3 is 11.5 Å². The van der Waals surface area contributed by atoms with E-state index in [1.807, 2.05) is 13.0 Å². The highest BCUT2D eigenvalue weighted by Crippen LogP contribution is 2.29. The van der Waals surface area contributed by atoms with Gasteiger partial charge in [0.2, 0.25) is 0 Å². The Kier molecular flexibility index (Phi) is 3.22. The number of hydrogen-bond acceptors (Lipinski definition) is 4. The van der Waals surface area contributed by atoms with Crippen molar-refractivity contribution in [2.45, 2.75) is 13.3 Å². The molecule has 2 rings (SSSR count). The molecule has 0 aliphatic heterocycles. The second-order valence-electron chi connectivity index (χ2n) is 3.70. The normalized spacial score (nSPS) is 10.6. The number of aromatic nitrogens is 1. The molecule has 0 amide bonds. The largest absolute Gasteiger partial charge is 0.375 e. The molecule has 1 aromatic heterocycles. The topological polar surface area (TPSA) is 64.9 Å². The Labute approximate surface area is 99.1 Å². The van der Waals surface area contributed by atoms with E-state index in [2.05, 4.69) is 23.2 Å². The summed E-state index contributed by atoms with van der Waals surface area (Å²) in [7, 11) is 0. The van der Waals surface area contributed by atoms with Crippen molar-refractivity contribution in [3.8, 4) is 11.3 Å². The van der Waals surface area contributed by atoms with Crippen molar-refractivity contribution in [1.29, 1.82) is 0 Å². The Morgan fingerprint density at radius 2 is 2.19 bits per heavy atom. The van der Waals surface area contributed by atoms with Crippen LogP contribution in [0.2, 0.25) is 0 Å². The zero-order valence-corrected chi connectivity index (χ0v) is 10.1. The van der Waals surface area contributed by atoms with Crippen molar-refractivity contribution in [3.63, 3.8) is 0 Å². The maximum Gasteiger partial charge on any atom is 0.180 e. The molecule has 16 heavy (non-hydrogen) atoms. The third kappa shape index (κ3) is 2.23. The molecule has 0 atom stereocenters. The van der Waals surface area contributed by atoms with Crippen LogP contribution in [-0.4, -0.2) is 11.5 Å². The summed E-state index contributed by atoms with van der Waals surface area (Å²) in [6.45, 7) is 2.71. The summed E-state index contributed by atoms with van der Waals surface area (Å²) in [6, 6.07) is 8.31. The van der Waals surface area contributed by atoms with E-state index in [-0.39, 0.29) is 0 Å². The van der Waals surface area contributed by atoms with E-state index in [0.29, 0.717) is 11.7 Å². The molecule has 2 aromatic rings. The monoisotopic (exact) mass is 233 g/mol. The van der Waals surface area contributed by atoms with E-state index < -0.39 is 0 Å². The molecule has 0 bridgehead atoms. The second-order valence-corrected chi connectivity index (χ2v) is 4.93. The van der Waals surface area contributed by atoms with E-state index in [4.69, 9.17) is 11.5 Å². The lowest BCUT2D eigenvalue weighted by molar-refractivity contribution is 0.969. The number of nitrogens with zero attached hydrogens (tertiary/aromatic N) is 1. The lowest BCUT2D eigenvalue weighted by Crippen LogP contribution is -2.02.